The molecule has 2 rings (SSSR count). The highest BCUT2D eigenvalue weighted by Gasteiger charge is 2.22. The van der Waals surface area contributed by atoms with Crippen LogP contribution in [-0.4, -0.2) is 5.11 Å². The largest absolute Gasteiger partial charge is 0.506 e. The standard InChI is InChI=1S/C10HBr7O/c11-3-1-2(4(12)8(16)7(3)15)6(14)10(18)9(17)5(1)13/h18H. The first-order valence-electron chi connectivity index (χ1n) is 4.30. The Morgan fingerprint density at radius 1 is 0.444 bits per heavy atom. The van der Waals surface area contributed by atoms with E-state index in [4.69, 9.17) is 0 Å². The number of hydrogen-bond donors (Lipinski definition) is 1. The molecular formula is C10HBr7O. The van der Waals surface area contributed by atoms with Gasteiger partial charge in [0.05, 0.1) is 8.95 Å². The lowest BCUT2D eigenvalue weighted by Crippen LogP contribution is -1.88. The first-order valence-corrected chi connectivity index (χ1v) is 9.85. The van der Waals surface area contributed by atoms with Crippen LogP contribution in [-0.2, 0) is 0 Å². The van der Waals surface area contributed by atoms with Gasteiger partial charge in [-0.3, -0.25) is 0 Å². The van der Waals surface area contributed by atoms with Crippen molar-refractivity contribution in [3.8, 4) is 5.75 Å². The van der Waals surface area contributed by atoms with Gasteiger partial charge in [0.15, 0.2) is 0 Å². The summed E-state index contributed by atoms with van der Waals surface area (Å²) in [5, 5.41) is 11.9. The zero-order valence-electron chi connectivity index (χ0n) is 8.09. The van der Waals surface area contributed by atoms with E-state index in [-0.39, 0.29) is 5.75 Å². The number of phenols is 1. The van der Waals surface area contributed by atoms with Crippen molar-refractivity contribution in [3.63, 3.8) is 0 Å². The summed E-state index contributed by atoms with van der Waals surface area (Å²) in [5.74, 6) is 0.149. The van der Waals surface area contributed by atoms with Crippen LogP contribution >= 0.6 is 112 Å². The molecule has 0 fully saturated rings. The molecule has 96 valence electrons. The first-order chi connectivity index (χ1) is 8.29. The summed E-state index contributed by atoms with van der Waals surface area (Å²) in [6, 6.07) is 0. The van der Waals surface area contributed by atoms with Crippen molar-refractivity contribution in [1.82, 2.24) is 0 Å². The van der Waals surface area contributed by atoms with E-state index in [9.17, 15) is 5.11 Å². The quantitative estimate of drug-likeness (QED) is 0.220. The van der Waals surface area contributed by atoms with Crippen LogP contribution in [0.5, 0.6) is 5.75 Å². The Bertz CT molecular complexity index is 567. The second-order valence-electron chi connectivity index (χ2n) is 3.30. The molecule has 0 amide bonds. The van der Waals surface area contributed by atoms with Crippen molar-refractivity contribution < 1.29 is 5.11 Å². The monoisotopic (exact) mass is 689 g/mol. The second-order valence-corrected chi connectivity index (χ2v) is 8.85. The molecule has 0 aliphatic carbocycles. The van der Waals surface area contributed by atoms with Crippen LogP contribution < -0.4 is 0 Å². The predicted molar refractivity (Wildman–Crippen MR) is 99.5 cm³/mol. The summed E-state index contributed by atoms with van der Waals surface area (Å²) in [6.07, 6.45) is 0. The van der Waals surface area contributed by atoms with Crippen LogP contribution in [0.4, 0.5) is 0 Å². The third-order valence-corrected chi connectivity index (χ3v) is 9.95. The highest BCUT2D eigenvalue weighted by Crippen LogP contribution is 2.53. The first kappa shape index (κ1) is 16.2. The van der Waals surface area contributed by atoms with E-state index in [1.54, 1.807) is 0 Å². The van der Waals surface area contributed by atoms with E-state index in [0.29, 0.717) is 8.95 Å². The smallest absolute Gasteiger partial charge is 0.145 e. The van der Waals surface area contributed by atoms with Gasteiger partial charge in [-0.05, 0) is 112 Å². The van der Waals surface area contributed by atoms with E-state index >= 15 is 0 Å². The fraction of sp³-hybridized carbons (Fsp3) is 0. The van der Waals surface area contributed by atoms with Crippen LogP contribution in [0.25, 0.3) is 10.8 Å². The molecule has 1 nitrogen and oxygen atoms in total. The summed E-state index contributed by atoms with van der Waals surface area (Å²) in [7, 11) is 0. The van der Waals surface area contributed by atoms with Crippen molar-refractivity contribution >= 4 is 122 Å². The van der Waals surface area contributed by atoms with Crippen LogP contribution in [0.1, 0.15) is 0 Å². The van der Waals surface area contributed by atoms with E-state index in [0.717, 1.165) is 33.1 Å². The normalized spacial score (nSPS) is 11.3. The summed E-state index contributed by atoms with van der Waals surface area (Å²) < 4.78 is 5.50. The predicted octanol–water partition coefficient (Wildman–Crippen LogP) is 7.88. The average Bonchev–Trinajstić information content (AvgIpc) is 2.35. The van der Waals surface area contributed by atoms with E-state index in [2.05, 4.69) is 112 Å². The van der Waals surface area contributed by atoms with Crippen molar-refractivity contribution in [2.24, 2.45) is 0 Å². The lowest BCUT2D eigenvalue weighted by molar-refractivity contribution is 0.469. The lowest BCUT2D eigenvalue weighted by atomic mass is 10.1. The molecule has 18 heavy (non-hydrogen) atoms. The van der Waals surface area contributed by atoms with Crippen LogP contribution in [0.15, 0.2) is 31.3 Å². The molecule has 0 aliphatic rings. The SMILES string of the molecule is Oc1c(Br)c(Br)c2c(Br)c(Br)c(Br)c(Br)c2c1Br. The third kappa shape index (κ3) is 2.41. The van der Waals surface area contributed by atoms with E-state index in [1.807, 2.05) is 0 Å². The van der Waals surface area contributed by atoms with Crippen LogP contribution in [0.3, 0.4) is 0 Å². The van der Waals surface area contributed by atoms with Gasteiger partial charge in [0.2, 0.25) is 0 Å². The molecule has 0 aliphatic heterocycles. The Morgan fingerprint density at radius 2 is 0.778 bits per heavy atom. The Balaban J connectivity index is 3.22. The molecule has 0 spiro atoms. The van der Waals surface area contributed by atoms with Crippen LogP contribution in [0.2, 0.25) is 0 Å². The van der Waals surface area contributed by atoms with Gasteiger partial charge in [-0.2, -0.15) is 0 Å². The highest BCUT2D eigenvalue weighted by molar-refractivity contribution is 9.15. The number of rotatable bonds is 0. The van der Waals surface area contributed by atoms with Gasteiger partial charge >= 0.3 is 0 Å². The molecule has 0 atom stereocenters. The second kappa shape index (κ2) is 5.93. The molecule has 0 heterocycles. The van der Waals surface area contributed by atoms with Crippen molar-refractivity contribution in [2.75, 3.05) is 0 Å². The maximum absolute atomic E-state index is 10.1. The number of phenolic OH excluding ortho intramolecular Hbond substituents is 1. The third-order valence-electron chi connectivity index (χ3n) is 2.31. The average molecular weight is 696 g/mol. The summed E-state index contributed by atoms with van der Waals surface area (Å²) in [5.41, 5.74) is 0. The van der Waals surface area contributed by atoms with Gasteiger partial charge in [-0.1, -0.05) is 0 Å². The van der Waals surface area contributed by atoms with Crippen molar-refractivity contribution in [2.45, 2.75) is 0 Å². The number of hydrogen-bond acceptors (Lipinski definition) is 1. The molecule has 2 aromatic carbocycles. The molecule has 2 aromatic rings. The minimum Gasteiger partial charge on any atom is -0.506 e. The topological polar surface area (TPSA) is 20.2 Å². The lowest BCUT2D eigenvalue weighted by Gasteiger charge is -2.15. The number of halogens is 7. The minimum absolute atomic E-state index is 0.149. The molecule has 0 unspecified atom stereocenters. The van der Waals surface area contributed by atoms with Gasteiger partial charge in [-0.25, -0.2) is 0 Å². The minimum atomic E-state index is 0.149. The molecule has 1 N–H and O–H groups in total. The van der Waals surface area contributed by atoms with Gasteiger partial charge in [0, 0.05) is 33.1 Å². The zero-order chi connectivity index (χ0) is 13.8. The maximum atomic E-state index is 10.1. The summed E-state index contributed by atoms with van der Waals surface area (Å²) in [6.45, 7) is 0. The Labute approximate surface area is 162 Å². The molecule has 0 aromatic heterocycles. The molecular weight excluding hydrogens is 695 g/mol. The van der Waals surface area contributed by atoms with Crippen molar-refractivity contribution in [3.05, 3.63) is 31.3 Å². The zero-order valence-corrected chi connectivity index (χ0v) is 19.2. The molecule has 8 heteroatoms. The van der Waals surface area contributed by atoms with Gasteiger partial charge < -0.3 is 5.11 Å². The Morgan fingerprint density at radius 3 is 1.22 bits per heavy atom. The van der Waals surface area contributed by atoms with Gasteiger partial charge in [-0.15, -0.1) is 0 Å². The number of fused-ring (bicyclic) bond motifs is 1. The molecule has 0 saturated carbocycles. The highest BCUT2D eigenvalue weighted by atomic mass is 79.9. The van der Waals surface area contributed by atoms with Crippen LogP contribution in [0, 0.1) is 0 Å². The Kier molecular flexibility index (Phi) is 5.35. The van der Waals surface area contributed by atoms with E-state index < -0.39 is 0 Å². The van der Waals surface area contributed by atoms with Crippen molar-refractivity contribution in [1.29, 1.82) is 0 Å². The maximum Gasteiger partial charge on any atom is 0.145 e. The molecule has 0 saturated heterocycles. The number of aromatic hydroxyl groups is 1. The molecule has 0 bridgehead atoms. The Hall–Kier alpha value is 1.86. The van der Waals surface area contributed by atoms with E-state index in [1.165, 1.54) is 0 Å². The fourth-order valence-corrected chi connectivity index (χ4v) is 6.36. The molecule has 0 radical (unpaired) electrons. The van der Waals surface area contributed by atoms with Gasteiger partial charge in [0.25, 0.3) is 0 Å². The number of benzene rings is 2. The summed E-state index contributed by atoms with van der Waals surface area (Å²) in [4.78, 5) is 0. The fourth-order valence-electron chi connectivity index (χ4n) is 1.47. The summed E-state index contributed by atoms with van der Waals surface area (Å²) >= 11 is 24.4. The van der Waals surface area contributed by atoms with Gasteiger partial charge in [0.1, 0.15) is 5.75 Å².